The Hall–Kier alpha value is -2.58. The van der Waals surface area contributed by atoms with Gasteiger partial charge in [0.25, 0.3) is 0 Å². The highest BCUT2D eigenvalue weighted by Gasteiger charge is 2.45. The van der Waals surface area contributed by atoms with Gasteiger partial charge in [-0.1, -0.05) is 142 Å². The lowest BCUT2D eigenvalue weighted by Gasteiger charge is -2.36. The number of aryl methyl sites for hydroxylation is 1. The number of ether oxygens (including phenoxy) is 1. The average molecular weight is 539 g/mol. The van der Waals surface area contributed by atoms with E-state index in [1.54, 1.807) is 0 Å². The number of hydrogen-bond donors (Lipinski definition) is 0. The first-order valence-electron chi connectivity index (χ1n) is 14.6. The van der Waals surface area contributed by atoms with Crippen molar-refractivity contribution in [3.63, 3.8) is 0 Å². The fourth-order valence-electron chi connectivity index (χ4n) is 6.23. The zero-order chi connectivity index (χ0) is 29.1. The maximum atomic E-state index is 6.59. The third kappa shape index (κ3) is 5.42. The molecule has 0 bridgehead atoms. The van der Waals surface area contributed by atoms with E-state index in [0.29, 0.717) is 12.1 Å². The third-order valence-electron chi connectivity index (χ3n) is 8.55. The summed E-state index contributed by atoms with van der Waals surface area (Å²) in [5.41, 5.74) is 11.7. The second kappa shape index (κ2) is 9.80. The maximum absolute atomic E-state index is 6.59. The Morgan fingerprint density at radius 1 is 0.744 bits per heavy atom. The van der Waals surface area contributed by atoms with Crippen LogP contribution in [-0.2, 0) is 16.2 Å². The van der Waals surface area contributed by atoms with Crippen LogP contribution in [0.25, 0.3) is 11.1 Å². The molecular weight excluding hydrogens is 488 g/mol. The minimum Gasteiger partial charge on any atom is -0.489 e. The third-order valence-corrected chi connectivity index (χ3v) is 12.4. The first-order chi connectivity index (χ1) is 17.9. The van der Waals surface area contributed by atoms with Gasteiger partial charge in [-0.05, 0) is 67.3 Å². The number of benzene rings is 3. The highest BCUT2D eigenvalue weighted by Crippen LogP contribution is 2.51. The summed E-state index contributed by atoms with van der Waals surface area (Å²) in [6, 6.07) is 19.3. The summed E-state index contributed by atoms with van der Waals surface area (Å²) < 4.78 is 6.59. The molecule has 0 saturated carbocycles. The van der Waals surface area contributed by atoms with Crippen LogP contribution < -0.4 is 9.92 Å². The fourth-order valence-corrected chi connectivity index (χ4v) is 9.97. The quantitative estimate of drug-likeness (QED) is 0.232. The molecule has 0 amide bonds. The maximum Gasteiger partial charge on any atom is 0.122 e. The Kier molecular flexibility index (Phi) is 7.39. The zero-order valence-electron chi connectivity index (χ0n) is 26.6. The van der Waals surface area contributed by atoms with E-state index in [2.05, 4.69) is 137 Å². The molecule has 0 fully saturated rings. The Morgan fingerprint density at radius 2 is 1.23 bits per heavy atom. The van der Waals surface area contributed by atoms with Gasteiger partial charge >= 0.3 is 0 Å². The van der Waals surface area contributed by atoms with E-state index in [-0.39, 0.29) is 16.2 Å². The molecule has 3 aromatic rings. The van der Waals surface area contributed by atoms with Crippen LogP contribution in [0.5, 0.6) is 5.75 Å². The normalized spacial score (nSPS) is 14.3. The molecule has 1 nitrogen and oxygen atoms in total. The molecule has 0 spiro atoms. The van der Waals surface area contributed by atoms with Crippen LogP contribution in [0.15, 0.2) is 61.2 Å². The summed E-state index contributed by atoms with van der Waals surface area (Å²) in [6.07, 6.45) is 1.87. The molecule has 0 heterocycles. The molecule has 1 aliphatic carbocycles. The summed E-state index contributed by atoms with van der Waals surface area (Å²) in [4.78, 5) is 0. The lowest BCUT2D eigenvalue weighted by molar-refractivity contribution is 0.353. The highest BCUT2D eigenvalue weighted by molar-refractivity contribution is 6.92. The van der Waals surface area contributed by atoms with Gasteiger partial charge in [0.1, 0.15) is 12.4 Å². The van der Waals surface area contributed by atoms with Crippen LogP contribution in [0.4, 0.5) is 0 Å². The number of rotatable bonds is 5. The first-order valence-corrected chi connectivity index (χ1v) is 17.6. The van der Waals surface area contributed by atoms with Crippen LogP contribution in [0, 0.1) is 6.92 Å². The SMILES string of the molecule is C=CCOc1c(C(C)(C)C)cc(C)cc1[Si](C)(C)C1c2cc(C(C)(C)C)ccc2-c2ccc(C(C)(C)C)cc21. The molecule has 2 heteroatoms. The van der Waals surface area contributed by atoms with Crippen LogP contribution in [-0.4, -0.2) is 14.7 Å². The highest BCUT2D eigenvalue weighted by atomic mass is 28.3. The van der Waals surface area contributed by atoms with Crippen molar-refractivity contribution >= 4 is 13.3 Å². The summed E-state index contributed by atoms with van der Waals surface area (Å²) >= 11 is 0. The molecule has 4 rings (SSSR count). The molecule has 0 saturated heterocycles. The molecule has 3 aromatic carbocycles. The topological polar surface area (TPSA) is 9.23 Å². The van der Waals surface area contributed by atoms with Crippen LogP contribution >= 0.6 is 0 Å². The van der Waals surface area contributed by atoms with E-state index in [0.717, 1.165) is 5.75 Å². The minimum absolute atomic E-state index is 0.0218. The Balaban J connectivity index is 2.06. The van der Waals surface area contributed by atoms with Gasteiger partial charge < -0.3 is 4.74 Å². The van der Waals surface area contributed by atoms with Gasteiger partial charge in [-0.2, -0.15) is 0 Å². The van der Waals surface area contributed by atoms with Crippen molar-refractivity contribution in [1.29, 1.82) is 0 Å². The standard InChI is InChI=1S/C37H50OSi/c1-14-19-38-33-31(37(9,10)11)20-24(2)21-32(33)39(12,13)34-29-22-25(35(3,4)5)15-17-27(29)28-18-16-26(23-30(28)34)36(6,7)8/h14-18,20-23,34H,1,19H2,2-13H3. The molecule has 208 valence electrons. The second-order valence-corrected chi connectivity index (χ2v) is 19.9. The number of hydrogen-bond acceptors (Lipinski definition) is 1. The van der Waals surface area contributed by atoms with Gasteiger partial charge in [0.2, 0.25) is 0 Å². The molecule has 1 aliphatic rings. The van der Waals surface area contributed by atoms with Gasteiger partial charge in [-0.25, -0.2) is 0 Å². The van der Waals surface area contributed by atoms with Crippen molar-refractivity contribution in [3.05, 3.63) is 94.6 Å². The summed E-state index contributed by atoms with van der Waals surface area (Å²) in [7, 11) is -2.21. The molecule has 0 aliphatic heterocycles. The monoisotopic (exact) mass is 538 g/mol. The van der Waals surface area contributed by atoms with Crippen LogP contribution in [0.1, 0.15) is 101 Å². The number of fused-ring (bicyclic) bond motifs is 3. The van der Waals surface area contributed by atoms with E-state index in [1.807, 2.05) is 6.08 Å². The van der Waals surface area contributed by atoms with Crippen molar-refractivity contribution in [1.82, 2.24) is 0 Å². The van der Waals surface area contributed by atoms with E-state index < -0.39 is 8.07 Å². The summed E-state index contributed by atoms with van der Waals surface area (Å²) in [5, 5.41) is 1.42. The first kappa shape index (κ1) is 29.4. The predicted molar refractivity (Wildman–Crippen MR) is 174 cm³/mol. The molecule has 0 N–H and O–H groups in total. The zero-order valence-corrected chi connectivity index (χ0v) is 27.6. The molecule has 0 radical (unpaired) electrons. The van der Waals surface area contributed by atoms with Crippen molar-refractivity contribution in [2.24, 2.45) is 0 Å². The molecule has 0 atom stereocenters. The van der Waals surface area contributed by atoms with Crippen molar-refractivity contribution in [3.8, 4) is 16.9 Å². The van der Waals surface area contributed by atoms with Crippen molar-refractivity contribution < 1.29 is 4.74 Å². The second-order valence-electron chi connectivity index (χ2n) is 15.3. The van der Waals surface area contributed by atoms with Crippen LogP contribution in [0.2, 0.25) is 13.1 Å². The predicted octanol–water partition coefficient (Wildman–Crippen LogP) is 9.72. The molecule has 0 unspecified atom stereocenters. The fraction of sp³-hybridized carbons (Fsp3) is 0.459. The van der Waals surface area contributed by atoms with Gasteiger partial charge in [-0.15, -0.1) is 0 Å². The van der Waals surface area contributed by atoms with Gasteiger partial charge in [0, 0.05) is 5.54 Å². The average Bonchev–Trinajstić information content (AvgIpc) is 3.14. The smallest absolute Gasteiger partial charge is 0.122 e. The lowest BCUT2D eigenvalue weighted by atomic mass is 9.85. The van der Waals surface area contributed by atoms with E-state index in [4.69, 9.17) is 4.74 Å². The van der Waals surface area contributed by atoms with Gasteiger partial charge in [-0.3, -0.25) is 0 Å². The summed E-state index contributed by atoms with van der Waals surface area (Å²) in [6.45, 7) is 32.7. The van der Waals surface area contributed by atoms with E-state index >= 15 is 0 Å². The summed E-state index contributed by atoms with van der Waals surface area (Å²) in [5.74, 6) is 1.08. The van der Waals surface area contributed by atoms with E-state index in [9.17, 15) is 0 Å². The van der Waals surface area contributed by atoms with Crippen molar-refractivity contribution in [2.45, 2.75) is 104 Å². The molecular formula is C37H50OSi. The van der Waals surface area contributed by atoms with E-state index in [1.165, 1.54) is 49.7 Å². The van der Waals surface area contributed by atoms with Crippen LogP contribution in [0.3, 0.4) is 0 Å². The van der Waals surface area contributed by atoms with Gasteiger partial charge in [0.15, 0.2) is 0 Å². The van der Waals surface area contributed by atoms with Crippen molar-refractivity contribution in [2.75, 3.05) is 6.61 Å². The Bertz CT molecular complexity index is 1340. The Morgan fingerprint density at radius 3 is 1.64 bits per heavy atom. The van der Waals surface area contributed by atoms with Gasteiger partial charge in [0.05, 0.1) is 8.07 Å². The lowest BCUT2D eigenvalue weighted by Crippen LogP contribution is -2.49. The minimum atomic E-state index is -2.21. The molecule has 39 heavy (non-hydrogen) atoms. The largest absolute Gasteiger partial charge is 0.489 e. The Labute approximate surface area is 239 Å². The molecule has 0 aromatic heterocycles.